The third-order valence-corrected chi connectivity index (χ3v) is 5.90. The van der Waals surface area contributed by atoms with Crippen LogP contribution in [0.3, 0.4) is 0 Å². The average Bonchev–Trinajstić information content (AvgIpc) is 3.37. The van der Waals surface area contributed by atoms with E-state index in [0.29, 0.717) is 57.4 Å². The molecular formula is C27H23ClN6O5. The molecule has 0 unspecified atom stereocenters. The van der Waals surface area contributed by atoms with Crippen LogP contribution in [0.15, 0.2) is 67.4 Å². The molecule has 0 saturated carbocycles. The summed E-state index contributed by atoms with van der Waals surface area (Å²) < 4.78 is 23.9. The van der Waals surface area contributed by atoms with Crippen molar-refractivity contribution >= 4 is 34.2 Å². The number of carbonyl (C=O) groups is 1. The standard InChI is InChI=1S/C27H23ClN6O5/c1-4-38-24-15-34(20-7-9-29-14-18(20)28)33-26(24)27(35)32-25-6-5-16(13-31-25)39-21-8-10-30-19-12-23(37-3)22(36-2)11-17(19)21/h5-15H,4H2,1-3H3,(H,31,32,35). The van der Waals surface area contributed by atoms with Crippen LogP contribution >= 0.6 is 11.6 Å². The first-order chi connectivity index (χ1) is 19.0. The van der Waals surface area contributed by atoms with E-state index >= 15 is 0 Å². The van der Waals surface area contributed by atoms with Gasteiger partial charge in [-0.25, -0.2) is 9.67 Å². The zero-order valence-corrected chi connectivity index (χ0v) is 22.0. The van der Waals surface area contributed by atoms with Crippen LogP contribution in [-0.2, 0) is 0 Å². The monoisotopic (exact) mass is 546 g/mol. The Hall–Kier alpha value is -4.90. The number of ether oxygens (including phenoxy) is 4. The first kappa shape index (κ1) is 25.7. The fourth-order valence-electron chi connectivity index (χ4n) is 3.81. The summed E-state index contributed by atoms with van der Waals surface area (Å²) >= 11 is 6.24. The molecule has 39 heavy (non-hydrogen) atoms. The molecule has 1 N–H and O–H groups in total. The first-order valence-corrected chi connectivity index (χ1v) is 12.2. The second kappa shape index (κ2) is 11.2. The lowest BCUT2D eigenvalue weighted by Gasteiger charge is -2.12. The smallest absolute Gasteiger partial charge is 0.281 e. The molecule has 11 nitrogen and oxygen atoms in total. The van der Waals surface area contributed by atoms with Gasteiger partial charge in [-0.05, 0) is 37.3 Å². The number of pyridine rings is 3. The van der Waals surface area contributed by atoms with Gasteiger partial charge in [0.1, 0.15) is 17.3 Å². The van der Waals surface area contributed by atoms with Gasteiger partial charge in [-0.15, -0.1) is 0 Å². The van der Waals surface area contributed by atoms with Crippen molar-refractivity contribution in [2.24, 2.45) is 0 Å². The van der Waals surface area contributed by atoms with Gasteiger partial charge in [0, 0.05) is 30.0 Å². The minimum Gasteiger partial charge on any atom is -0.493 e. The third-order valence-electron chi connectivity index (χ3n) is 5.61. The number of hydrogen-bond acceptors (Lipinski definition) is 9. The number of rotatable bonds is 9. The van der Waals surface area contributed by atoms with Gasteiger partial charge in [-0.1, -0.05) is 11.6 Å². The molecular weight excluding hydrogens is 524 g/mol. The van der Waals surface area contributed by atoms with Crippen LogP contribution in [0.1, 0.15) is 17.4 Å². The highest BCUT2D eigenvalue weighted by Crippen LogP contribution is 2.37. The predicted octanol–water partition coefficient (Wildman–Crippen LogP) is 5.32. The van der Waals surface area contributed by atoms with Crippen LogP contribution in [0.5, 0.6) is 28.7 Å². The van der Waals surface area contributed by atoms with E-state index in [4.69, 9.17) is 30.5 Å². The fourth-order valence-corrected chi connectivity index (χ4v) is 4.01. The molecule has 12 heteroatoms. The highest BCUT2D eigenvalue weighted by atomic mass is 35.5. The van der Waals surface area contributed by atoms with Gasteiger partial charge in [0.2, 0.25) is 0 Å². The summed E-state index contributed by atoms with van der Waals surface area (Å²) in [4.78, 5) is 25.7. The van der Waals surface area contributed by atoms with E-state index in [2.05, 4.69) is 25.4 Å². The number of benzene rings is 1. The predicted molar refractivity (Wildman–Crippen MR) is 145 cm³/mol. The molecule has 0 atom stereocenters. The van der Waals surface area contributed by atoms with Crippen LogP contribution in [0.25, 0.3) is 16.6 Å². The molecule has 0 radical (unpaired) electrons. The first-order valence-electron chi connectivity index (χ1n) is 11.8. The maximum absolute atomic E-state index is 13.1. The molecule has 0 spiro atoms. The van der Waals surface area contributed by atoms with Crippen molar-refractivity contribution in [3.05, 3.63) is 78.1 Å². The highest BCUT2D eigenvalue weighted by molar-refractivity contribution is 6.32. The Morgan fingerprint density at radius 2 is 1.79 bits per heavy atom. The summed E-state index contributed by atoms with van der Waals surface area (Å²) in [5.74, 6) is 2.25. The van der Waals surface area contributed by atoms with Crippen molar-refractivity contribution in [3.63, 3.8) is 0 Å². The minimum absolute atomic E-state index is 0.0829. The van der Waals surface area contributed by atoms with Crippen molar-refractivity contribution in [2.75, 3.05) is 26.1 Å². The van der Waals surface area contributed by atoms with Gasteiger partial charge >= 0.3 is 0 Å². The molecule has 4 heterocycles. The number of aromatic nitrogens is 5. The highest BCUT2D eigenvalue weighted by Gasteiger charge is 2.20. The van der Waals surface area contributed by atoms with Crippen molar-refractivity contribution in [2.45, 2.75) is 6.92 Å². The maximum atomic E-state index is 13.1. The quantitative estimate of drug-likeness (QED) is 0.261. The lowest BCUT2D eigenvalue weighted by Crippen LogP contribution is -2.15. The Labute approximate surface area is 228 Å². The Bertz CT molecular complexity index is 1640. The Balaban J connectivity index is 1.35. The van der Waals surface area contributed by atoms with E-state index < -0.39 is 5.91 Å². The van der Waals surface area contributed by atoms with Crippen molar-refractivity contribution in [1.82, 2.24) is 24.7 Å². The molecule has 5 rings (SSSR count). The van der Waals surface area contributed by atoms with Crippen LogP contribution in [0, 0.1) is 0 Å². The van der Waals surface area contributed by atoms with E-state index in [9.17, 15) is 4.79 Å². The van der Waals surface area contributed by atoms with E-state index in [1.807, 2.05) is 6.92 Å². The average molecular weight is 547 g/mol. The zero-order chi connectivity index (χ0) is 27.4. The largest absolute Gasteiger partial charge is 0.493 e. The van der Waals surface area contributed by atoms with E-state index in [1.54, 1.807) is 69.2 Å². The summed E-state index contributed by atoms with van der Waals surface area (Å²) in [7, 11) is 3.13. The van der Waals surface area contributed by atoms with Gasteiger partial charge in [0.15, 0.2) is 22.9 Å². The Morgan fingerprint density at radius 1 is 0.974 bits per heavy atom. The van der Waals surface area contributed by atoms with Crippen LogP contribution < -0.4 is 24.3 Å². The summed E-state index contributed by atoms with van der Waals surface area (Å²) in [6.07, 6.45) is 7.81. The van der Waals surface area contributed by atoms with Gasteiger partial charge in [0.25, 0.3) is 5.91 Å². The Kier molecular flexibility index (Phi) is 7.41. The molecule has 0 bridgehead atoms. The van der Waals surface area contributed by atoms with E-state index in [-0.39, 0.29) is 5.69 Å². The normalized spacial score (nSPS) is 10.8. The molecule has 0 saturated heterocycles. The SMILES string of the molecule is CCOc1cn(-c2ccncc2Cl)nc1C(=O)Nc1ccc(Oc2ccnc3cc(OC)c(OC)cc23)cn1. The molecule has 1 amide bonds. The van der Waals surface area contributed by atoms with Crippen molar-refractivity contribution in [1.29, 1.82) is 0 Å². The molecule has 5 aromatic rings. The van der Waals surface area contributed by atoms with Crippen molar-refractivity contribution < 1.29 is 23.7 Å². The molecule has 0 aliphatic heterocycles. The molecule has 0 aliphatic carbocycles. The summed E-state index contributed by atoms with van der Waals surface area (Å²) in [5, 5.41) is 8.23. The fraction of sp³-hybridized carbons (Fsp3) is 0.148. The van der Waals surface area contributed by atoms with Gasteiger partial charge in [0.05, 0.1) is 49.4 Å². The number of nitrogens with one attached hydrogen (secondary N) is 1. The summed E-state index contributed by atoms with van der Waals surface area (Å²) in [6, 6.07) is 10.3. The van der Waals surface area contributed by atoms with Gasteiger partial charge in [-0.3, -0.25) is 14.8 Å². The molecule has 0 fully saturated rings. The number of fused-ring (bicyclic) bond motifs is 1. The zero-order valence-electron chi connectivity index (χ0n) is 21.2. The number of anilines is 1. The number of hydrogen-bond donors (Lipinski definition) is 1. The molecule has 0 aliphatic rings. The topological polar surface area (TPSA) is 123 Å². The molecule has 198 valence electrons. The number of methoxy groups -OCH3 is 2. The third kappa shape index (κ3) is 5.39. The maximum Gasteiger partial charge on any atom is 0.281 e. The van der Waals surface area contributed by atoms with Crippen molar-refractivity contribution in [3.8, 4) is 34.4 Å². The van der Waals surface area contributed by atoms with E-state index in [0.717, 1.165) is 5.39 Å². The minimum atomic E-state index is -0.496. The molecule has 4 aromatic heterocycles. The molecule has 1 aromatic carbocycles. The van der Waals surface area contributed by atoms with Gasteiger partial charge < -0.3 is 24.3 Å². The van der Waals surface area contributed by atoms with E-state index in [1.165, 1.54) is 17.1 Å². The van der Waals surface area contributed by atoms with Crippen LogP contribution in [0.2, 0.25) is 5.02 Å². The van der Waals surface area contributed by atoms with Crippen LogP contribution in [-0.4, -0.2) is 51.5 Å². The number of halogens is 1. The number of nitrogens with zero attached hydrogens (tertiary/aromatic N) is 5. The lowest BCUT2D eigenvalue weighted by atomic mass is 10.2. The summed E-state index contributed by atoms with van der Waals surface area (Å²) in [6.45, 7) is 2.17. The van der Waals surface area contributed by atoms with Gasteiger partial charge in [-0.2, -0.15) is 5.10 Å². The second-order valence-electron chi connectivity index (χ2n) is 8.02. The number of carbonyl (C=O) groups excluding carboxylic acids is 1. The van der Waals surface area contributed by atoms with Crippen LogP contribution in [0.4, 0.5) is 5.82 Å². The number of amides is 1. The second-order valence-corrected chi connectivity index (χ2v) is 8.42. The summed E-state index contributed by atoms with van der Waals surface area (Å²) in [5.41, 5.74) is 1.32. The Morgan fingerprint density at radius 3 is 2.51 bits per heavy atom. The lowest BCUT2D eigenvalue weighted by molar-refractivity contribution is 0.101.